The molecule has 0 saturated heterocycles. The first-order valence-corrected chi connectivity index (χ1v) is 12.1. The number of esters is 1. The number of amides is 1. The Labute approximate surface area is 208 Å². The number of carbonyl (C=O) groups excluding carboxylic acids is 2. The fourth-order valence-electron chi connectivity index (χ4n) is 3.63. The number of benzene rings is 1. The molecule has 0 unspecified atom stereocenters. The molecular weight excluding hydrogens is 464 g/mol. The molecule has 0 atom stereocenters. The number of methoxy groups -OCH3 is 1. The lowest BCUT2D eigenvalue weighted by Crippen LogP contribution is -2.15. The third-order valence-corrected chi connectivity index (χ3v) is 6.24. The molecule has 182 valence electrons. The normalized spacial score (nSPS) is 11.1. The SMILES string of the molecule is CCCn1c(C)cc(/C=C(\C#N)C(=O)OCc2csc(CC(=O)Nc3ccccc3OC)n2)c1C. The Morgan fingerprint density at radius 1 is 1.29 bits per heavy atom. The molecule has 1 N–H and O–H groups in total. The number of anilines is 1. The molecule has 2 heterocycles. The Kier molecular flexibility index (Phi) is 8.81. The van der Waals surface area contributed by atoms with Crippen molar-refractivity contribution >= 4 is 35.0 Å². The molecule has 0 bridgehead atoms. The summed E-state index contributed by atoms with van der Waals surface area (Å²) in [5.41, 5.74) is 3.92. The van der Waals surface area contributed by atoms with Gasteiger partial charge in [0.25, 0.3) is 0 Å². The van der Waals surface area contributed by atoms with Crippen LogP contribution in [-0.2, 0) is 33.9 Å². The Bertz CT molecular complexity index is 1280. The number of ether oxygens (including phenoxy) is 2. The maximum Gasteiger partial charge on any atom is 0.349 e. The number of para-hydroxylation sites is 2. The molecule has 9 heteroatoms. The zero-order valence-electron chi connectivity index (χ0n) is 20.3. The summed E-state index contributed by atoms with van der Waals surface area (Å²) in [6.45, 7) is 6.86. The van der Waals surface area contributed by atoms with Crippen molar-refractivity contribution in [2.45, 2.75) is 46.8 Å². The van der Waals surface area contributed by atoms with Crippen LogP contribution in [0.2, 0.25) is 0 Å². The van der Waals surface area contributed by atoms with Crippen LogP contribution in [0.3, 0.4) is 0 Å². The van der Waals surface area contributed by atoms with Gasteiger partial charge in [0.05, 0.1) is 24.9 Å². The maximum atomic E-state index is 12.5. The van der Waals surface area contributed by atoms with E-state index < -0.39 is 5.97 Å². The third-order valence-electron chi connectivity index (χ3n) is 5.34. The predicted octanol–water partition coefficient (Wildman–Crippen LogP) is 4.81. The van der Waals surface area contributed by atoms with Gasteiger partial charge in [-0.2, -0.15) is 5.26 Å². The first-order chi connectivity index (χ1) is 16.9. The second-order valence-corrected chi connectivity index (χ2v) is 8.82. The molecule has 8 nitrogen and oxygen atoms in total. The summed E-state index contributed by atoms with van der Waals surface area (Å²) in [6.07, 6.45) is 2.63. The number of hydrogen-bond donors (Lipinski definition) is 1. The molecule has 0 aliphatic heterocycles. The van der Waals surface area contributed by atoms with E-state index in [0.29, 0.717) is 22.1 Å². The molecule has 0 aliphatic rings. The Morgan fingerprint density at radius 3 is 2.77 bits per heavy atom. The highest BCUT2D eigenvalue weighted by molar-refractivity contribution is 7.09. The van der Waals surface area contributed by atoms with Crippen molar-refractivity contribution in [1.82, 2.24) is 9.55 Å². The van der Waals surface area contributed by atoms with Crippen LogP contribution in [0.4, 0.5) is 5.69 Å². The van der Waals surface area contributed by atoms with Crippen molar-refractivity contribution in [2.75, 3.05) is 12.4 Å². The van der Waals surface area contributed by atoms with Crippen LogP contribution in [-0.4, -0.2) is 28.5 Å². The molecular formula is C26H28N4O4S. The van der Waals surface area contributed by atoms with Crippen molar-refractivity contribution in [3.63, 3.8) is 0 Å². The summed E-state index contributed by atoms with van der Waals surface area (Å²) in [6, 6.07) is 11.0. The summed E-state index contributed by atoms with van der Waals surface area (Å²) in [5, 5.41) is 14.6. The van der Waals surface area contributed by atoms with Gasteiger partial charge in [0, 0.05) is 23.3 Å². The van der Waals surface area contributed by atoms with Gasteiger partial charge in [-0.15, -0.1) is 11.3 Å². The largest absolute Gasteiger partial charge is 0.495 e. The number of aromatic nitrogens is 2. The molecule has 0 fully saturated rings. The van der Waals surface area contributed by atoms with Crippen LogP contribution in [0, 0.1) is 25.2 Å². The first-order valence-electron chi connectivity index (χ1n) is 11.2. The average molecular weight is 493 g/mol. The molecule has 0 radical (unpaired) electrons. The number of nitriles is 1. The number of thiazole rings is 1. The van der Waals surface area contributed by atoms with Crippen LogP contribution in [0.15, 0.2) is 41.3 Å². The lowest BCUT2D eigenvalue weighted by molar-refractivity contribution is -0.139. The van der Waals surface area contributed by atoms with Crippen LogP contribution >= 0.6 is 11.3 Å². The van der Waals surface area contributed by atoms with Crippen LogP contribution in [0.1, 0.15) is 41.0 Å². The van der Waals surface area contributed by atoms with Crippen molar-refractivity contribution in [3.8, 4) is 11.8 Å². The fraction of sp³-hybridized carbons (Fsp3) is 0.308. The van der Waals surface area contributed by atoms with Gasteiger partial charge < -0.3 is 19.4 Å². The molecule has 1 amide bonds. The highest BCUT2D eigenvalue weighted by atomic mass is 32.1. The minimum Gasteiger partial charge on any atom is -0.495 e. The first kappa shape index (κ1) is 25.7. The molecule has 3 aromatic rings. The van der Waals surface area contributed by atoms with Gasteiger partial charge in [-0.1, -0.05) is 19.1 Å². The van der Waals surface area contributed by atoms with E-state index in [1.54, 1.807) is 29.7 Å². The highest BCUT2D eigenvalue weighted by Crippen LogP contribution is 2.23. The van der Waals surface area contributed by atoms with E-state index in [1.165, 1.54) is 18.4 Å². The summed E-state index contributed by atoms with van der Waals surface area (Å²) >= 11 is 1.30. The van der Waals surface area contributed by atoms with Gasteiger partial charge in [-0.25, -0.2) is 9.78 Å². The van der Waals surface area contributed by atoms with E-state index in [0.717, 1.165) is 29.9 Å². The molecule has 3 rings (SSSR count). The summed E-state index contributed by atoms with van der Waals surface area (Å²) < 4.78 is 12.7. The number of carbonyl (C=O) groups is 2. The van der Waals surface area contributed by atoms with Gasteiger partial charge in [0.15, 0.2) is 0 Å². The second kappa shape index (κ2) is 12.0. The van der Waals surface area contributed by atoms with Crippen molar-refractivity contribution in [2.24, 2.45) is 0 Å². The lowest BCUT2D eigenvalue weighted by Gasteiger charge is -2.08. The highest BCUT2D eigenvalue weighted by Gasteiger charge is 2.16. The van der Waals surface area contributed by atoms with E-state index in [4.69, 9.17) is 9.47 Å². The van der Waals surface area contributed by atoms with E-state index >= 15 is 0 Å². The predicted molar refractivity (Wildman–Crippen MR) is 135 cm³/mol. The van der Waals surface area contributed by atoms with Crippen LogP contribution in [0.25, 0.3) is 6.08 Å². The quantitative estimate of drug-likeness (QED) is 0.247. The van der Waals surface area contributed by atoms with Gasteiger partial charge in [0.2, 0.25) is 5.91 Å². The minimum absolute atomic E-state index is 0.0756. The smallest absolute Gasteiger partial charge is 0.349 e. The van der Waals surface area contributed by atoms with E-state index in [1.807, 2.05) is 32.0 Å². The maximum absolute atomic E-state index is 12.5. The number of nitrogens with one attached hydrogen (secondary N) is 1. The second-order valence-electron chi connectivity index (χ2n) is 7.88. The van der Waals surface area contributed by atoms with Crippen molar-refractivity contribution in [3.05, 3.63) is 68.9 Å². The van der Waals surface area contributed by atoms with Gasteiger partial charge >= 0.3 is 5.97 Å². The van der Waals surface area contributed by atoms with E-state index in [-0.39, 0.29) is 24.5 Å². The Balaban J connectivity index is 1.59. The molecule has 0 spiro atoms. The van der Waals surface area contributed by atoms with Gasteiger partial charge in [-0.05, 0) is 50.1 Å². The number of rotatable bonds is 10. The molecule has 1 aromatic carbocycles. The average Bonchev–Trinajstić information content (AvgIpc) is 3.40. The summed E-state index contributed by atoms with van der Waals surface area (Å²) in [4.78, 5) is 29.3. The lowest BCUT2D eigenvalue weighted by atomic mass is 10.1. The van der Waals surface area contributed by atoms with Crippen LogP contribution in [0.5, 0.6) is 5.75 Å². The monoisotopic (exact) mass is 492 g/mol. The number of hydrogen-bond acceptors (Lipinski definition) is 7. The third kappa shape index (κ3) is 6.58. The number of nitrogens with zero attached hydrogens (tertiary/aromatic N) is 3. The van der Waals surface area contributed by atoms with Crippen molar-refractivity contribution in [1.29, 1.82) is 5.26 Å². The van der Waals surface area contributed by atoms with Crippen molar-refractivity contribution < 1.29 is 19.1 Å². The summed E-state index contributed by atoms with van der Waals surface area (Å²) in [5.74, 6) is -0.375. The Morgan fingerprint density at radius 2 is 2.06 bits per heavy atom. The zero-order chi connectivity index (χ0) is 25.4. The van der Waals surface area contributed by atoms with Gasteiger partial charge in [-0.3, -0.25) is 4.79 Å². The molecule has 0 saturated carbocycles. The standard InChI is InChI=1S/C26H28N4O4S/c1-5-10-30-17(2)11-19(18(30)3)12-20(14-27)26(32)34-15-21-16-35-25(28-21)13-24(31)29-22-8-6-7-9-23(22)33-4/h6-9,11-12,16H,5,10,13,15H2,1-4H3,(H,29,31)/b20-12+. The van der Waals surface area contributed by atoms with Gasteiger partial charge in [0.1, 0.15) is 29.0 Å². The molecule has 35 heavy (non-hydrogen) atoms. The zero-order valence-corrected chi connectivity index (χ0v) is 21.1. The van der Waals surface area contributed by atoms with Crippen LogP contribution < -0.4 is 10.1 Å². The van der Waals surface area contributed by atoms with E-state index in [2.05, 4.69) is 21.8 Å². The molecule has 0 aliphatic carbocycles. The topological polar surface area (TPSA) is 106 Å². The minimum atomic E-state index is -0.712. The van der Waals surface area contributed by atoms with E-state index in [9.17, 15) is 14.9 Å². The summed E-state index contributed by atoms with van der Waals surface area (Å²) in [7, 11) is 1.54. The fourth-order valence-corrected chi connectivity index (χ4v) is 4.40. The Hall–Kier alpha value is -3.90. The number of aryl methyl sites for hydroxylation is 1. The molecule has 2 aromatic heterocycles.